The number of aliphatic hydroxyl groups is 1. The molecule has 118 valence electrons. The Labute approximate surface area is 123 Å². The van der Waals surface area contributed by atoms with Gasteiger partial charge < -0.3 is 10.4 Å². The van der Waals surface area contributed by atoms with Crippen LogP contribution in [0, 0.1) is 11.8 Å². The molecular weight excluding hydrogens is 279 g/mol. The van der Waals surface area contributed by atoms with E-state index in [1.807, 2.05) is 0 Å². The van der Waals surface area contributed by atoms with Crippen LogP contribution in [0.3, 0.4) is 0 Å². The highest BCUT2D eigenvalue weighted by atomic mass is 19.4. The monoisotopic (exact) mass is 301 g/mol. The molecule has 3 atom stereocenters. The van der Waals surface area contributed by atoms with Gasteiger partial charge in [-0.3, -0.25) is 0 Å². The Morgan fingerprint density at radius 3 is 2.43 bits per heavy atom. The van der Waals surface area contributed by atoms with Crippen molar-refractivity contribution < 1.29 is 18.3 Å². The first-order chi connectivity index (χ1) is 9.88. The summed E-state index contributed by atoms with van der Waals surface area (Å²) in [5.41, 5.74) is -0.179. The first-order valence-corrected chi connectivity index (χ1v) is 7.44. The normalized spacial score (nSPS) is 24.2. The number of nitrogens with one attached hydrogen (secondary N) is 1. The number of alkyl halides is 3. The molecule has 0 bridgehead atoms. The van der Waals surface area contributed by atoms with Crippen LogP contribution in [0.2, 0.25) is 0 Å². The van der Waals surface area contributed by atoms with Crippen molar-refractivity contribution in [3.8, 4) is 0 Å². The fourth-order valence-electron chi connectivity index (χ4n) is 2.94. The number of benzene rings is 1. The molecule has 2 N–H and O–H groups in total. The number of hydrogen-bond donors (Lipinski definition) is 2. The molecule has 0 radical (unpaired) electrons. The van der Waals surface area contributed by atoms with Gasteiger partial charge in [-0.25, -0.2) is 0 Å². The van der Waals surface area contributed by atoms with Crippen LogP contribution in [0.1, 0.15) is 43.4 Å². The Kier molecular flexibility index (Phi) is 5.27. The van der Waals surface area contributed by atoms with Crippen LogP contribution in [-0.2, 0) is 6.18 Å². The minimum atomic E-state index is -4.33. The Morgan fingerprint density at radius 2 is 1.90 bits per heavy atom. The summed E-state index contributed by atoms with van der Waals surface area (Å²) < 4.78 is 37.4. The summed E-state index contributed by atoms with van der Waals surface area (Å²) in [4.78, 5) is 0. The number of halogens is 3. The average Bonchev–Trinajstić information content (AvgIpc) is 2.83. The molecule has 0 aliphatic heterocycles. The van der Waals surface area contributed by atoms with Crippen molar-refractivity contribution in [2.75, 3.05) is 13.1 Å². The van der Waals surface area contributed by atoms with Crippen LogP contribution in [0.5, 0.6) is 0 Å². The lowest BCUT2D eigenvalue weighted by molar-refractivity contribution is -0.137. The fourth-order valence-corrected chi connectivity index (χ4v) is 2.94. The van der Waals surface area contributed by atoms with E-state index in [2.05, 4.69) is 12.2 Å². The van der Waals surface area contributed by atoms with E-state index in [4.69, 9.17) is 0 Å². The standard InChI is InChI=1S/C16H22F3NO/c1-11-3-2-4-13(11)9-20-10-15(21)12-5-7-14(8-6-12)16(17,18)19/h5-8,11,13,15,20-21H,2-4,9-10H2,1H3. The molecular formula is C16H22F3NO. The molecule has 2 nitrogen and oxygen atoms in total. The van der Waals surface area contributed by atoms with Gasteiger partial charge in [-0.2, -0.15) is 13.2 Å². The summed E-state index contributed by atoms with van der Waals surface area (Å²) >= 11 is 0. The molecule has 0 spiro atoms. The Bertz CT molecular complexity index is 444. The van der Waals surface area contributed by atoms with Gasteiger partial charge in [-0.15, -0.1) is 0 Å². The van der Waals surface area contributed by atoms with E-state index >= 15 is 0 Å². The van der Waals surface area contributed by atoms with Crippen LogP contribution >= 0.6 is 0 Å². The summed E-state index contributed by atoms with van der Waals surface area (Å²) in [6.07, 6.45) is -1.38. The van der Waals surface area contributed by atoms with Crippen molar-refractivity contribution >= 4 is 0 Å². The topological polar surface area (TPSA) is 32.3 Å². The first-order valence-electron chi connectivity index (χ1n) is 7.44. The third-order valence-electron chi connectivity index (χ3n) is 4.41. The summed E-state index contributed by atoms with van der Waals surface area (Å²) in [6, 6.07) is 4.70. The molecule has 0 amide bonds. The highest BCUT2D eigenvalue weighted by molar-refractivity contribution is 5.26. The third-order valence-corrected chi connectivity index (χ3v) is 4.41. The van der Waals surface area contributed by atoms with Crippen LogP contribution in [0.15, 0.2) is 24.3 Å². The van der Waals surface area contributed by atoms with Gasteiger partial charge in [0.05, 0.1) is 11.7 Å². The van der Waals surface area contributed by atoms with E-state index in [1.54, 1.807) is 0 Å². The van der Waals surface area contributed by atoms with Gasteiger partial charge in [0, 0.05) is 6.54 Å². The second kappa shape index (κ2) is 6.79. The maximum absolute atomic E-state index is 12.5. The predicted octanol–water partition coefficient (Wildman–Crippen LogP) is 3.76. The maximum Gasteiger partial charge on any atom is 0.416 e. The largest absolute Gasteiger partial charge is 0.416 e. The molecule has 1 aromatic carbocycles. The molecule has 0 saturated heterocycles. The van der Waals surface area contributed by atoms with E-state index in [9.17, 15) is 18.3 Å². The summed E-state index contributed by atoms with van der Waals surface area (Å²) in [5, 5.41) is 13.2. The smallest absolute Gasteiger partial charge is 0.387 e. The van der Waals surface area contributed by atoms with E-state index < -0.39 is 17.8 Å². The molecule has 3 unspecified atom stereocenters. The van der Waals surface area contributed by atoms with Gasteiger partial charge in [0.15, 0.2) is 0 Å². The number of aliphatic hydroxyl groups excluding tert-OH is 1. The molecule has 1 aliphatic rings. The van der Waals surface area contributed by atoms with Gasteiger partial charge in [0.2, 0.25) is 0 Å². The zero-order valence-electron chi connectivity index (χ0n) is 12.2. The second-order valence-corrected chi connectivity index (χ2v) is 5.96. The van der Waals surface area contributed by atoms with Gasteiger partial charge >= 0.3 is 6.18 Å². The highest BCUT2D eigenvalue weighted by Crippen LogP contribution is 2.31. The molecule has 1 fully saturated rings. The van der Waals surface area contributed by atoms with E-state index in [1.165, 1.54) is 31.4 Å². The lowest BCUT2D eigenvalue weighted by Crippen LogP contribution is -2.28. The molecule has 0 heterocycles. The summed E-state index contributed by atoms with van der Waals surface area (Å²) in [7, 11) is 0. The fraction of sp³-hybridized carbons (Fsp3) is 0.625. The SMILES string of the molecule is CC1CCCC1CNCC(O)c1ccc(C(F)(F)F)cc1. The van der Waals surface area contributed by atoms with Crippen molar-refractivity contribution in [1.82, 2.24) is 5.32 Å². The lowest BCUT2D eigenvalue weighted by atomic mass is 9.98. The van der Waals surface area contributed by atoms with Gasteiger partial charge in [-0.1, -0.05) is 31.9 Å². The average molecular weight is 301 g/mol. The predicted molar refractivity (Wildman–Crippen MR) is 75.8 cm³/mol. The van der Waals surface area contributed by atoms with Crippen LogP contribution in [0.4, 0.5) is 13.2 Å². The van der Waals surface area contributed by atoms with Crippen molar-refractivity contribution in [3.05, 3.63) is 35.4 Å². The second-order valence-electron chi connectivity index (χ2n) is 5.96. The Hall–Kier alpha value is -1.07. The third kappa shape index (κ3) is 4.45. The molecule has 2 rings (SSSR count). The van der Waals surface area contributed by atoms with Crippen molar-refractivity contribution in [2.45, 2.75) is 38.5 Å². The molecule has 1 saturated carbocycles. The molecule has 0 aromatic heterocycles. The minimum absolute atomic E-state index is 0.370. The van der Waals surface area contributed by atoms with E-state index in [0.717, 1.165) is 18.7 Å². The molecule has 1 aliphatic carbocycles. The maximum atomic E-state index is 12.5. The number of rotatable bonds is 5. The minimum Gasteiger partial charge on any atom is -0.387 e. The summed E-state index contributed by atoms with van der Waals surface area (Å²) in [5.74, 6) is 1.35. The highest BCUT2D eigenvalue weighted by Gasteiger charge is 2.30. The van der Waals surface area contributed by atoms with E-state index in [0.29, 0.717) is 23.9 Å². The van der Waals surface area contributed by atoms with Crippen LogP contribution in [0.25, 0.3) is 0 Å². The van der Waals surface area contributed by atoms with Gasteiger partial charge in [0.25, 0.3) is 0 Å². The molecule has 1 aromatic rings. The van der Waals surface area contributed by atoms with E-state index in [-0.39, 0.29) is 0 Å². The van der Waals surface area contributed by atoms with Crippen molar-refractivity contribution in [3.63, 3.8) is 0 Å². The zero-order valence-corrected chi connectivity index (χ0v) is 12.2. The lowest BCUT2D eigenvalue weighted by Gasteiger charge is -2.18. The summed E-state index contributed by atoms with van der Waals surface area (Å²) in [6.45, 7) is 3.47. The van der Waals surface area contributed by atoms with Gasteiger partial charge in [-0.05, 0) is 42.5 Å². The quantitative estimate of drug-likeness (QED) is 0.868. The van der Waals surface area contributed by atoms with Gasteiger partial charge in [0.1, 0.15) is 0 Å². The Morgan fingerprint density at radius 1 is 1.24 bits per heavy atom. The van der Waals surface area contributed by atoms with Crippen molar-refractivity contribution in [1.29, 1.82) is 0 Å². The Balaban J connectivity index is 1.81. The number of hydrogen-bond acceptors (Lipinski definition) is 2. The molecule has 21 heavy (non-hydrogen) atoms. The molecule has 5 heteroatoms. The zero-order chi connectivity index (χ0) is 15.5. The van der Waals surface area contributed by atoms with Crippen molar-refractivity contribution in [2.24, 2.45) is 11.8 Å². The first kappa shape index (κ1) is 16.3. The van der Waals surface area contributed by atoms with Crippen LogP contribution < -0.4 is 5.32 Å². The van der Waals surface area contributed by atoms with Crippen LogP contribution in [-0.4, -0.2) is 18.2 Å².